The molecule has 21 heavy (non-hydrogen) atoms. The van der Waals surface area contributed by atoms with E-state index in [4.69, 9.17) is 0 Å². The van der Waals surface area contributed by atoms with Gasteiger partial charge in [0.2, 0.25) is 0 Å². The first-order chi connectivity index (χ1) is 10.2. The molecule has 2 heterocycles. The topological polar surface area (TPSA) is 36.4 Å². The molecule has 2 atom stereocenters. The quantitative estimate of drug-likeness (QED) is 0.801. The Hall–Kier alpha value is -1.84. The molecule has 1 aromatic heterocycles. The molecule has 0 aromatic carbocycles. The number of carbonyl (C=O) groups is 1. The third-order valence-electron chi connectivity index (χ3n) is 4.76. The van der Waals surface area contributed by atoms with E-state index in [0.29, 0.717) is 12.1 Å². The summed E-state index contributed by atoms with van der Waals surface area (Å²) < 4.78 is 0. The van der Waals surface area contributed by atoms with Crippen molar-refractivity contribution < 1.29 is 4.79 Å². The maximum Gasteiger partial charge on any atom is 0.255 e. The summed E-state index contributed by atoms with van der Waals surface area (Å²) in [4.78, 5) is 20.7. The molecule has 2 aliphatic rings. The molecular weight excluding hydrogens is 262 g/mol. The maximum atomic E-state index is 12.1. The molecule has 0 spiro atoms. The standard InChI is InChI=1S/C17H23N3O/c1-3-19(2)17(21)13-8-9-16(18-10-13)20-11-14-6-4-5-7-15(14)12-20/h4-5,8-10,14-15H,3,6-7,11-12H2,1-2H3/t14-,15+. The Morgan fingerprint density at radius 3 is 2.48 bits per heavy atom. The first-order valence-electron chi connectivity index (χ1n) is 7.80. The third kappa shape index (κ3) is 2.80. The van der Waals surface area contributed by atoms with Crippen LogP contribution in [0.15, 0.2) is 30.5 Å². The predicted octanol–water partition coefficient (Wildman–Crippen LogP) is 2.58. The number of amides is 1. The molecule has 0 bridgehead atoms. The molecule has 1 aliphatic carbocycles. The predicted molar refractivity (Wildman–Crippen MR) is 84.4 cm³/mol. The SMILES string of the molecule is CCN(C)C(=O)c1ccc(N2C[C@H]3CC=CC[C@H]3C2)nc1. The highest BCUT2D eigenvalue weighted by molar-refractivity contribution is 5.93. The van der Waals surface area contributed by atoms with E-state index in [0.717, 1.165) is 30.7 Å². The first kappa shape index (κ1) is 14.1. The van der Waals surface area contributed by atoms with Crippen LogP contribution in [0.2, 0.25) is 0 Å². The van der Waals surface area contributed by atoms with Gasteiger partial charge in [-0.25, -0.2) is 4.98 Å². The van der Waals surface area contributed by atoms with Gasteiger partial charge in [0, 0.05) is 32.9 Å². The van der Waals surface area contributed by atoms with Gasteiger partial charge in [-0.2, -0.15) is 0 Å². The molecule has 4 nitrogen and oxygen atoms in total. The average molecular weight is 285 g/mol. The Morgan fingerprint density at radius 1 is 1.29 bits per heavy atom. The minimum atomic E-state index is 0.0378. The van der Waals surface area contributed by atoms with Crippen LogP contribution in [0.1, 0.15) is 30.1 Å². The molecule has 0 radical (unpaired) electrons. The molecule has 0 N–H and O–H groups in total. The number of carbonyl (C=O) groups excluding carboxylic acids is 1. The van der Waals surface area contributed by atoms with E-state index in [-0.39, 0.29) is 5.91 Å². The highest BCUT2D eigenvalue weighted by Crippen LogP contribution is 2.34. The van der Waals surface area contributed by atoms with Gasteiger partial charge in [-0.05, 0) is 43.7 Å². The van der Waals surface area contributed by atoms with Crippen LogP contribution in [0.5, 0.6) is 0 Å². The summed E-state index contributed by atoms with van der Waals surface area (Å²) in [6.07, 6.45) is 8.71. The van der Waals surface area contributed by atoms with Gasteiger partial charge in [-0.3, -0.25) is 4.79 Å². The van der Waals surface area contributed by atoms with E-state index in [1.807, 2.05) is 26.1 Å². The first-order valence-corrected chi connectivity index (χ1v) is 7.80. The Labute approximate surface area is 126 Å². The molecule has 1 saturated heterocycles. The van der Waals surface area contributed by atoms with E-state index in [1.54, 1.807) is 11.1 Å². The fourth-order valence-electron chi connectivity index (χ4n) is 3.27. The van der Waals surface area contributed by atoms with Crippen LogP contribution in [0.4, 0.5) is 5.82 Å². The van der Waals surface area contributed by atoms with Crippen molar-refractivity contribution in [3.8, 4) is 0 Å². The summed E-state index contributed by atoms with van der Waals surface area (Å²) in [5, 5.41) is 0. The van der Waals surface area contributed by atoms with Crippen molar-refractivity contribution in [3.05, 3.63) is 36.0 Å². The average Bonchev–Trinajstić information content (AvgIpc) is 2.97. The van der Waals surface area contributed by atoms with Gasteiger partial charge in [0.1, 0.15) is 5.82 Å². The Balaban J connectivity index is 1.69. The molecule has 0 unspecified atom stereocenters. The zero-order valence-corrected chi connectivity index (χ0v) is 12.8. The second kappa shape index (κ2) is 5.88. The summed E-state index contributed by atoms with van der Waals surface area (Å²) in [7, 11) is 1.81. The van der Waals surface area contributed by atoms with Crippen molar-refractivity contribution in [2.24, 2.45) is 11.8 Å². The number of anilines is 1. The Bertz CT molecular complexity index is 521. The lowest BCUT2D eigenvalue weighted by Crippen LogP contribution is -2.26. The normalized spacial score (nSPS) is 24.0. The van der Waals surface area contributed by atoms with Crippen molar-refractivity contribution in [3.63, 3.8) is 0 Å². The van der Waals surface area contributed by atoms with Gasteiger partial charge >= 0.3 is 0 Å². The molecular formula is C17H23N3O. The fraction of sp³-hybridized carbons (Fsp3) is 0.529. The summed E-state index contributed by atoms with van der Waals surface area (Å²) in [5.41, 5.74) is 0.668. The number of fused-ring (bicyclic) bond motifs is 1. The number of hydrogen-bond donors (Lipinski definition) is 0. The van der Waals surface area contributed by atoms with Crippen LogP contribution in [0.25, 0.3) is 0 Å². The van der Waals surface area contributed by atoms with Gasteiger partial charge in [-0.1, -0.05) is 12.2 Å². The van der Waals surface area contributed by atoms with Crippen molar-refractivity contribution in [1.82, 2.24) is 9.88 Å². The van der Waals surface area contributed by atoms with Crippen molar-refractivity contribution in [2.75, 3.05) is 31.6 Å². The molecule has 112 valence electrons. The lowest BCUT2D eigenvalue weighted by molar-refractivity contribution is 0.0802. The Morgan fingerprint density at radius 2 is 1.95 bits per heavy atom. The number of pyridine rings is 1. The molecule has 1 aromatic rings. The number of allylic oxidation sites excluding steroid dienone is 2. The highest BCUT2D eigenvalue weighted by atomic mass is 16.2. The van der Waals surface area contributed by atoms with Crippen LogP contribution in [-0.4, -0.2) is 42.5 Å². The summed E-state index contributed by atoms with van der Waals surface area (Å²) in [6.45, 7) is 4.86. The second-order valence-electron chi connectivity index (χ2n) is 6.09. The van der Waals surface area contributed by atoms with Crippen LogP contribution in [-0.2, 0) is 0 Å². The van der Waals surface area contributed by atoms with Crippen LogP contribution in [0.3, 0.4) is 0 Å². The minimum Gasteiger partial charge on any atom is -0.356 e. The summed E-state index contributed by atoms with van der Waals surface area (Å²) in [5.74, 6) is 2.57. The summed E-state index contributed by atoms with van der Waals surface area (Å²) >= 11 is 0. The number of aromatic nitrogens is 1. The number of nitrogens with zero attached hydrogens (tertiary/aromatic N) is 3. The largest absolute Gasteiger partial charge is 0.356 e. The Kier molecular flexibility index (Phi) is 3.95. The van der Waals surface area contributed by atoms with E-state index in [2.05, 4.69) is 22.0 Å². The van der Waals surface area contributed by atoms with E-state index in [9.17, 15) is 4.79 Å². The zero-order chi connectivity index (χ0) is 14.8. The lowest BCUT2D eigenvalue weighted by Gasteiger charge is -2.18. The zero-order valence-electron chi connectivity index (χ0n) is 12.8. The maximum absolute atomic E-state index is 12.1. The number of hydrogen-bond acceptors (Lipinski definition) is 3. The van der Waals surface area contributed by atoms with Crippen molar-refractivity contribution in [1.29, 1.82) is 0 Å². The van der Waals surface area contributed by atoms with Crippen molar-refractivity contribution >= 4 is 11.7 Å². The van der Waals surface area contributed by atoms with Crippen molar-refractivity contribution in [2.45, 2.75) is 19.8 Å². The fourth-order valence-corrected chi connectivity index (χ4v) is 3.27. The molecule has 4 heteroatoms. The molecule has 0 saturated carbocycles. The monoisotopic (exact) mass is 285 g/mol. The highest BCUT2D eigenvalue weighted by Gasteiger charge is 2.33. The van der Waals surface area contributed by atoms with Gasteiger partial charge < -0.3 is 9.80 Å². The number of rotatable bonds is 3. The van der Waals surface area contributed by atoms with Crippen LogP contribution in [0, 0.1) is 11.8 Å². The van der Waals surface area contributed by atoms with Gasteiger partial charge in [0.15, 0.2) is 0 Å². The molecule has 3 rings (SSSR count). The van der Waals surface area contributed by atoms with E-state index < -0.39 is 0 Å². The van der Waals surface area contributed by atoms with Gasteiger partial charge in [0.25, 0.3) is 5.91 Å². The summed E-state index contributed by atoms with van der Waals surface area (Å²) in [6, 6.07) is 3.89. The molecule has 1 aliphatic heterocycles. The van der Waals surface area contributed by atoms with E-state index >= 15 is 0 Å². The van der Waals surface area contributed by atoms with E-state index in [1.165, 1.54) is 12.8 Å². The van der Waals surface area contributed by atoms with Crippen LogP contribution < -0.4 is 4.90 Å². The minimum absolute atomic E-state index is 0.0378. The lowest BCUT2D eigenvalue weighted by atomic mass is 9.86. The third-order valence-corrected chi connectivity index (χ3v) is 4.76. The van der Waals surface area contributed by atoms with Crippen LogP contribution >= 0.6 is 0 Å². The molecule has 1 fully saturated rings. The smallest absolute Gasteiger partial charge is 0.255 e. The van der Waals surface area contributed by atoms with Gasteiger partial charge in [-0.15, -0.1) is 0 Å². The van der Waals surface area contributed by atoms with Gasteiger partial charge in [0.05, 0.1) is 5.56 Å². The second-order valence-corrected chi connectivity index (χ2v) is 6.09. The molecule has 1 amide bonds.